The molecule has 1 saturated carbocycles. The van der Waals surface area contributed by atoms with Crippen molar-refractivity contribution < 1.29 is 19.1 Å². The number of carbonyl (C=O) groups is 3. The summed E-state index contributed by atoms with van der Waals surface area (Å²) in [5, 5.41) is 23.4. The van der Waals surface area contributed by atoms with E-state index in [1.807, 2.05) is 37.2 Å². The Morgan fingerprint density at radius 1 is 1.04 bits per heavy atom. The molecular weight excluding hydrogens is 672 g/mol. The van der Waals surface area contributed by atoms with Gasteiger partial charge in [0.25, 0.3) is 11.8 Å². The van der Waals surface area contributed by atoms with Crippen molar-refractivity contribution in [3.63, 3.8) is 0 Å². The minimum atomic E-state index is -1.40. The van der Waals surface area contributed by atoms with Gasteiger partial charge in [0.05, 0.1) is 69.4 Å². The minimum Gasteiger partial charge on any atom is -0.496 e. The Morgan fingerprint density at radius 2 is 1.81 bits per heavy atom. The third-order valence-corrected chi connectivity index (χ3v) is 10.2. The second-order valence-corrected chi connectivity index (χ2v) is 13.6. The van der Waals surface area contributed by atoms with Gasteiger partial charge in [-0.2, -0.15) is 5.10 Å². The van der Waals surface area contributed by atoms with Gasteiger partial charge in [-0.25, -0.2) is 4.98 Å². The van der Waals surface area contributed by atoms with Gasteiger partial charge in [0.1, 0.15) is 11.4 Å². The van der Waals surface area contributed by atoms with Crippen LogP contribution in [0.5, 0.6) is 5.75 Å². The van der Waals surface area contributed by atoms with Crippen molar-refractivity contribution in [3.05, 3.63) is 65.4 Å². The first-order valence-electron chi connectivity index (χ1n) is 17.8. The molecular formula is C36H41B2N11O4. The van der Waals surface area contributed by atoms with E-state index in [1.165, 1.54) is 7.05 Å². The lowest BCUT2D eigenvalue weighted by Crippen LogP contribution is -2.60. The number of nitrogens with zero attached hydrogens (tertiary/aromatic N) is 7. The second kappa shape index (κ2) is 14.2. The fraction of sp³-hybridized carbons (Fsp3) is 0.417. The van der Waals surface area contributed by atoms with Crippen LogP contribution in [0, 0.1) is 5.92 Å². The Balaban J connectivity index is 1.21. The molecule has 1 unspecified atom stereocenters. The highest BCUT2D eigenvalue weighted by Gasteiger charge is 2.43. The van der Waals surface area contributed by atoms with Crippen LogP contribution < -0.4 is 30.9 Å². The fourth-order valence-corrected chi connectivity index (χ4v) is 7.13. The molecule has 1 aliphatic carbocycles. The van der Waals surface area contributed by atoms with Gasteiger partial charge in [0, 0.05) is 57.0 Å². The summed E-state index contributed by atoms with van der Waals surface area (Å²) in [5.74, 6) is 0.0492. The number of likely N-dealkylation sites (tertiary alicyclic amines) is 1. The van der Waals surface area contributed by atoms with Crippen LogP contribution in [0.4, 0.5) is 22.9 Å². The standard InChI is InChI=1S/C36H41B2N11O4/c1-6-25-31-21(16-41-49(31)20-17-48(18-20)36(37,38)27-10-8-9-23(43-27)34(51)40-7-2)29-26(53-5)14-13-22(32(29)47(25)4)42-24-15-28(44-33(50)19-11-12-19)45-46-30(24)35(52)39-3/h8-10,13-16,19-20,25H,6-7,11-12,17-18H2,1-5H3,(H,39,52)(H,40,51)(H2,42,44,45,50). The second-order valence-electron chi connectivity index (χ2n) is 13.6. The number of amides is 3. The van der Waals surface area contributed by atoms with Crippen LogP contribution in [0.2, 0.25) is 0 Å². The van der Waals surface area contributed by atoms with Crippen LogP contribution in [0.25, 0.3) is 11.1 Å². The SMILES string of the molecule is [B]C([B])(c1cccc(C(=O)NCC)n1)N1CC(n2ncc3c2C(CC)N(C)c2c(Nc4cc(NC(=O)C5CC5)nnc4C(=O)NC)ccc(OC)c2-3)C1. The van der Waals surface area contributed by atoms with Gasteiger partial charge < -0.3 is 35.8 Å². The predicted molar refractivity (Wildman–Crippen MR) is 202 cm³/mol. The number of anilines is 4. The van der Waals surface area contributed by atoms with Crippen molar-refractivity contribution in [2.75, 3.05) is 56.4 Å². The van der Waals surface area contributed by atoms with Gasteiger partial charge in [-0.15, -0.1) is 10.2 Å². The molecule has 4 radical (unpaired) electrons. The lowest BCUT2D eigenvalue weighted by Gasteiger charge is -2.50. The van der Waals surface area contributed by atoms with Crippen LogP contribution >= 0.6 is 0 Å². The summed E-state index contributed by atoms with van der Waals surface area (Å²) in [5.41, 5.74) is 5.45. The van der Waals surface area contributed by atoms with E-state index in [9.17, 15) is 14.4 Å². The molecule has 2 fully saturated rings. The molecule has 4 N–H and O–H groups in total. The largest absolute Gasteiger partial charge is 0.496 e. The number of aromatic nitrogens is 5. The smallest absolute Gasteiger partial charge is 0.273 e. The van der Waals surface area contributed by atoms with Crippen molar-refractivity contribution in [2.24, 2.45) is 5.92 Å². The van der Waals surface area contributed by atoms with Crippen LogP contribution in [0.1, 0.15) is 77.6 Å². The molecule has 1 saturated heterocycles. The maximum atomic E-state index is 12.9. The molecule has 5 heterocycles. The van der Waals surface area contributed by atoms with E-state index >= 15 is 0 Å². The molecule has 4 aromatic rings. The number of hydrogen-bond donors (Lipinski definition) is 4. The lowest BCUT2D eigenvalue weighted by molar-refractivity contribution is -0.117. The number of carbonyl (C=O) groups excluding carboxylic acids is 3. The third-order valence-electron chi connectivity index (χ3n) is 10.2. The summed E-state index contributed by atoms with van der Waals surface area (Å²) in [6.07, 6.45) is 4.31. The molecule has 3 aliphatic rings. The van der Waals surface area contributed by atoms with Crippen LogP contribution in [0.3, 0.4) is 0 Å². The van der Waals surface area contributed by atoms with Crippen molar-refractivity contribution in [3.8, 4) is 16.9 Å². The summed E-state index contributed by atoms with van der Waals surface area (Å²) >= 11 is 0. The molecule has 3 amide bonds. The van der Waals surface area contributed by atoms with E-state index in [0.717, 1.165) is 41.8 Å². The average Bonchev–Trinajstić information content (AvgIpc) is 3.91. The van der Waals surface area contributed by atoms with Crippen molar-refractivity contribution in [2.45, 2.75) is 50.5 Å². The maximum Gasteiger partial charge on any atom is 0.273 e. The Kier molecular flexibility index (Phi) is 9.61. The monoisotopic (exact) mass is 713 g/mol. The molecule has 53 heavy (non-hydrogen) atoms. The third kappa shape index (κ3) is 6.47. The Labute approximate surface area is 310 Å². The summed E-state index contributed by atoms with van der Waals surface area (Å²) in [7, 11) is 18.5. The highest BCUT2D eigenvalue weighted by Crippen LogP contribution is 2.53. The van der Waals surface area contributed by atoms with Gasteiger partial charge in [0.15, 0.2) is 11.5 Å². The van der Waals surface area contributed by atoms with E-state index in [0.29, 0.717) is 42.5 Å². The Morgan fingerprint density at radius 3 is 2.49 bits per heavy atom. The zero-order chi connectivity index (χ0) is 37.6. The molecule has 1 atom stereocenters. The number of hydrogen-bond acceptors (Lipinski definition) is 11. The number of benzene rings is 1. The molecule has 7 rings (SSSR count). The quantitative estimate of drug-likeness (QED) is 0.159. The van der Waals surface area contributed by atoms with Crippen LogP contribution in [0.15, 0.2) is 42.6 Å². The number of rotatable bonds is 12. The highest BCUT2D eigenvalue weighted by atomic mass is 16.5. The molecule has 15 nitrogen and oxygen atoms in total. The van der Waals surface area contributed by atoms with Gasteiger partial charge in [-0.05, 0) is 55.8 Å². The van der Waals surface area contributed by atoms with Gasteiger partial charge in [0.2, 0.25) is 5.91 Å². The average molecular weight is 713 g/mol. The minimum absolute atomic E-state index is 0.0274. The number of pyridine rings is 1. The maximum absolute atomic E-state index is 12.9. The molecule has 0 bridgehead atoms. The Hall–Kier alpha value is -5.44. The van der Waals surface area contributed by atoms with E-state index in [2.05, 4.69) is 53.0 Å². The topological polar surface area (TPSA) is 172 Å². The molecule has 2 aliphatic heterocycles. The normalized spacial score (nSPS) is 16.9. The van der Waals surface area contributed by atoms with Crippen molar-refractivity contribution in [1.82, 2.24) is 40.5 Å². The van der Waals surface area contributed by atoms with Crippen molar-refractivity contribution >= 4 is 56.3 Å². The number of ether oxygens (including phenoxy) is 1. The van der Waals surface area contributed by atoms with Crippen LogP contribution in [-0.4, -0.2) is 104 Å². The first kappa shape index (κ1) is 35.9. The summed E-state index contributed by atoms with van der Waals surface area (Å²) in [6, 6.07) is 10.4. The van der Waals surface area contributed by atoms with Gasteiger partial charge in [-0.3, -0.25) is 19.1 Å². The fourth-order valence-electron chi connectivity index (χ4n) is 7.13. The van der Waals surface area contributed by atoms with E-state index in [4.69, 9.17) is 25.5 Å². The first-order chi connectivity index (χ1) is 25.5. The van der Waals surface area contributed by atoms with E-state index < -0.39 is 11.2 Å². The summed E-state index contributed by atoms with van der Waals surface area (Å²) in [6.45, 7) is 5.47. The zero-order valence-electron chi connectivity index (χ0n) is 30.4. The molecule has 1 aromatic carbocycles. The molecule has 270 valence electrons. The van der Waals surface area contributed by atoms with Gasteiger partial charge in [-0.1, -0.05) is 13.0 Å². The molecule has 3 aromatic heterocycles. The summed E-state index contributed by atoms with van der Waals surface area (Å²) in [4.78, 5) is 46.5. The number of fused-ring (bicyclic) bond motifs is 3. The summed E-state index contributed by atoms with van der Waals surface area (Å²) < 4.78 is 7.98. The number of methoxy groups -OCH3 is 1. The molecule has 0 spiro atoms. The predicted octanol–water partition coefficient (Wildman–Crippen LogP) is 2.85. The van der Waals surface area contributed by atoms with E-state index in [1.54, 1.807) is 31.4 Å². The Bertz CT molecular complexity index is 2080. The van der Waals surface area contributed by atoms with Crippen LogP contribution in [-0.2, 0) is 10.1 Å². The first-order valence-corrected chi connectivity index (χ1v) is 17.8. The lowest BCUT2D eigenvalue weighted by atomic mass is 9.57. The number of nitrogens with one attached hydrogen (secondary N) is 4. The van der Waals surface area contributed by atoms with Gasteiger partial charge >= 0.3 is 0 Å². The highest BCUT2D eigenvalue weighted by molar-refractivity contribution is 6.39. The zero-order valence-corrected chi connectivity index (χ0v) is 30.4. The van der Waals surface area contributed by atoms with E-state index in [-0.39, 0.29) is 47.0 Å². The molecule has 17 heteroatoms. The van der Waals surface area contributed by atoms with Crippen molar-refractivity contribution in [1.29, 1.82) is 0 Å².